The molecular weight excluding hydrogens is 252 g/mol. The Morgan fingerprint density at radius 1 is 1.40 bits per heavy atom. The minimum atomic E-state index is -0.372. The van der Waals surface area contributed by atoms with Crippen molar-refractivity contribution in [2.75, 3.05) is 0 Å². The minimum Gasteiger partial charge on any atom is -0.353 e. The molecule has 0 atom stereocenters. The summed E-state index contributed by atoms with van der Waals surface area (Å²) in [5, 5.41) is 13.9. The number of H-pyrrole nitrogens is 1. The van der Waals surface area contributed by atoms with Crippen LogP contribution in [0.15, 0.2) is 29.4 Å². The lowest BCUT2D eigenvalue weighted by Gasteiger charge is -2.13. The lowest BCUT2D eigenvalue weighted by atomic mass is 9.94. The third-order valence-corrected chi connectivity index (χ3v) is 3.50. The summed E-state index contributed by atoms with van der Waals surface area (Å²) < 4.78 is 0. The Kier molecular flexibility index (Phi) is 3.21. The van der Waals surface area contributed by atoms with Gasteiger partial charge in [-0.15, -0.1) is 0 Å². The first kappa shape index (κ1) is 12.4. The number of aromatic nitrogens is 1. The van der Waals surface area contributed by atoms with Gasteiger partial charge in [-0.25, -0.2) is 5.43 Å². The number of aromatic amines is 1. The number of nitrogens with zero attached hydrogens (tertiary/aromatic N) is 2. The maximum atomic E-state index is 11.3. The molecule has 0 saturated carbocycles. The van der Waals surface area contributed by atoms with Gasteiger partial charge in [0.25, 0.3) is 5.91 Å². The Bertz CT molecular complexity index is 736. The fraction of sp³-hybridized carbons (Fsp3) is 0.267. The van der Waals surface area contributed by atoms with Gasteiger partial charge in [-0.05, 0) is 30.9 Å². The molecule has 5 nitrogen and oxygen atoms in total. The second-order valence-electron chi connectivity index (χ2n) is 4.81. The zero-order valence-corrected chi connectivity index (χ0v) is 10.9. The maximum Gasteiger partial charge on any atom is 0.254 e. The van der Waals surface area contributed by atoms with Crippen molar-refractivity contribution in [1.82, 2.24) is 10.4 Å². The van der Waals surface area contributed by atoms with Crippen LogP contribution in [0, 0.1) is 11.3 Å². The first-order chi connectivity index (χ1) is 9.79. The number of nitriles is 1. The van der Waals surface area contributed by atoms with Crippen LogP contribution in [-0.4, -0.2) is 16.6 Å². The molecule has 0 spiro atoms. The molecule has 1 aromatic carbocycles. The summed E-state index contributed by atoms with van der Waals surface area (Å²) >= 11 is 0. The summed E-state index contributed by atoms with van der Waals surface area (Å²) in [6, 6.07) is 9.97. The first-order valence-corrected chi connectivity index (χ1v) is 6.62. The number of amides is 1. The van der Waals surface area contributed by atoms with Crippen molar-refractivity contribution in [3.8, 4) is 6.07 Å². The molecule has 1 aromatic heterocycles. The van der Waals surface area contributed by atoms with Crippen molar-refractivity contribution >= 4 is 22.5 Å². The lowest BCUT2D eigenvalue weighted by molar-refractivity contribution is -0.120. The van der Waals surface area contributed by atoms with E-state index in [1.165, 1.54) is 10.9 Å². The van der Waals surface area contributed by atoms with Crippen molar-refractivity contribution in [2.45, 2.75) is 25.7 Å². The molecule has 20 heavy (non-hydrogen) atoms. The molecule has 0 fully saturated rings. The Hall–Kier alpha value is -2.61. The van der Waals surface area contributed by atoms with Crippen LogP contribution in [0.4, 0.5) is 0 Å². The standard InChI is InChI=1S/C15H14N4O/c16-9-8-14(20)19-18-13-7-3-5-11-10-4-1-2-6-12(10)17-15(11)13/h1-2,4,6,17H,3,5,7-8H2,(H,19,20)/b18-13+. The second-order valence-corrected chi connectivity index (χ2v) is 4.81. The molecule has 1 aliphatic rings. The van der Waals surface area contributed by atoms with Crippen LogP contribution in [-0.2, 0) is 11.2 Å². The van der Waals surface area contributed by atoms with Gasteiger partial charge < -0.3 is 4.98 Å². The van der Waals surface area contributed by atoms with Gasteiger partial charge in [-0.2, -0.15) is 10.4 Å². The van der Waals surface area contributed by atoms with E-state index in [0.717, 1.165) is 36.2 Å². The van der Waals surface area contributed by atoms with E-state index < -0.39 is 0 Å². The topological polar surface area (TPSA) is 81.0 Å². The van der Waals surface area contributed by atoms with Crippen molar-refractivity contribution in [1.29, 1.82) is 5.26 Å². The van der Waals surface area contributed by atoms with E-state index in [-0.39, 0.29) is 12.3 Å². The number of hydrogen-bond acceptors (Lipinski definition) is 3. The second kappa shape index (κ2) is 5.17. The summed E-state index contributed by atoms with van der Waals surface area (Å²) in [7, 11) is 0. The zero-order chi connectivity index (χ0) is 13.9. The third kappa shape index (κ3) is 2.16. The fourth-order valence-corrected chi connectivity index (χ4v) is 2.62. The van der Waals surface area contributed by atoms with Crippen molar-refractivity contribution in [3.05, 3.63) is 35.5 Å². The summed E-state index contributed by atoms with van der Waals surface area (Å²) in [5.74, 6) is -0.372. The Labute approximate surface area is 116 Å². The summed E-state index contributed by atoms with van der Waals surface area (Å²) in [6.07, 6.45) is 2.69. The molecule has 0 radical (unpaired) electrons. The third-order valence-electron chi connectivity index (χ3n) is 3.50. The van der Waals surface area contributed by atoms with Crippen molar-refractivity contribution in [2.24, 2.45) is 5.10 Å². The fourth-order valence-electron chi connectivity index (χ4n) is 2.62. The molecule has 0 saturated heterocycles. The number of carbonyl (C=O) groups excluding carboxylic acids is 1. The van der Waals surface area contributed by atoms with Crippen LogP contribution in [0.25, 0.3) is 10.9 Å². The van der Waals surface area contributed by atoms with Crippen LogP contribution in [0.1, 0.15) is 30.5 Å². The predicted molar refractivity (Wildman–Crippen MR) is 76.1 cm³/mol. The lowest BCUT2D eigenvalue weighted by Crippen LogP contribution is -2.21. The van der Waals surface area contributed by atoms with Gasteiger partial charge in [-0.3, -0.25) is 4.79 Å². The van der Waals surface area contributed by atoms with Crippen LogP contribution < -0.4 is 5.43 Å². The number of fused-ring (bicyclic) bond motifs is 3. The van der Waals surface area contributed by atoms with Gasteiger partial charge >= 0.3 is 0 Å². The highest BCUT2D eigenvalue weighted by molar-refractivity contribution is 6.06. The average molecular weight is 266 g/mol. The smallest absolute Gasteiger partial charge is 0.254 e. The van der Waals surface area contributed by atoms with Crippen LogP contribution >= 0.6 is 0 Å². The number of hydrazone groups is 1. The molecule has 2 N–H and O–H groups in total. The van der Waals surface area contributed by atoms with E-state index in [9.17, 15) is 4.79 Å². The highest BCUT2D eigenvalue weighted by Gasteiger charge is 2.20. The van der Waals surface area contributed by atoms with Gasteiger partial charge in [0.05, 0.1) is 17.5 Å². The van der Waals surface area contributed by atoms with E-state index in [0.29, 0.717) is 0 Å². The molecule has 1 amide bonds. The number of nitrogens with one attached hydrogen (secondary N) is 2. The normalized spacial score (nSPS) is 15.8. The number of hydrogen-bond donors (Lipinski definition) is 2. The molecule has 100 valence electrons. The van der Waals surface area contributed by atoms with E-state index >= 15 is 0 Å². The Balaban J connectivity index is 1.96. The summed E-state index contributed by atoms with van der Waals surface area (Å²) in [4.78, 5) is 14.7. The van der Waals surface area contributed by atoms with Crippen LogP contribution in [0.5, 0.6) is 0 Å². The predicted octanol–water partition coefficient (Wildman–Crippen LogP) is 2.24. The largest absolute Gasteiger partial charge is 0.353 e. The average Bonchev–Trinajstić information content (AvgIpc) is 2.84. The SMILES string of the molecule is N#CCC(=O)N/N=C1\CCCc2c1[nH]c1ccccc21. The molecule has 0 unspecified atom stereocenters. The molecule has 0 aliphatic heterocycles. The minimum absolute atomic E-state index is 0.170. The monoisotopic (exact) mass is 266 g/mol. The van der Waals surface area contributed by atoms with Gasteiger partial charge in [-0.1, -0.05) is 18.2 Å². The van der Waals surface area contributed by atoms with E-state index in [1.54, 1.807) is 6.07 Å². The molecule has 1 aliphatic carbocycles. The molecule has 2 aromatic rings. The van der Waals surface area contributed by atoms with Crippen LogP contribution in [0.3, 0.4) is 0 Å². The molecule has 3 rings (SSSR count). The van der Waals surface area contributed by atoms with Crippen LogP contribution in [0.2, 0.25) is 0 Å². The molecule has 0 bridgehead atoms. The quantitative estimate of drug-likeness (QED) is 0.817. The molecular formula is C15H14N4O. The Morgan fingerprint density at radius 3 is 3.10 bits per heavy atom. The number of para-hydroxylation sites is 1. The van der Waals surface area contributed by atoms with Gasteiger partial charge in [0.1, 0.15) is 6.42 Å². The maximum absolute atomic E-state index is 11.3. The van der Waals surface area contributed by atoms with Gasteiger partial charge in [0, 0.05) is 10.9 Å². The Morgan fingerprint density at radius 2 is 2.25 bits per heavy atom. The van der Waals surface area contributed by atoms with E-state index in [4.69, 9.17) is 5.26 Å². The summed E-state index contributed by atoms with van der Waals surface area (Å²) in [5.41, 5.74) is 6.67. The molecule has 1 heterocycles. The number of benzene rings is 1. The molecule has 5 heteroatoms. The number of aryl methyl sites for hydroxylation is 1. The van der Waals surface area contributed by atoms with Gasteiger partial charge in [0.2, 0.25) is 0 Å². The van der Waals surface area contributed by atoms with Gasteiger partial charge in [0.15, 0.2) is 0 Å². The van der Waals surface area contributed by atoms with E-state index in [2.05, 4.69) is 21.6 Å². The van der Waals surface area contributed by atoms with E-state index in [1.807, 2.05) is 18.2 Å². The number of carbonyl (C=O) groups is 1. The zero-order valence-electron chi connectivity index (χ0n) is 10.9. The number of rotatable bonds is 2. The summed E-state index contributed by atoms with van der Waals surface area (Å²) in [6.45, 7) is 0. The van der Waals surface area contributed by atoms with Crippen molar-refractivity contribution < 1.29 is 4.79 Å². The van der Waals surface area contributed by atoms with Crippen molar-refractivity contribution in [3.63, 3.8) is 0 Å². The highest BCUT2D eigenvalue weighted by Crippen LogP contribution is 2.29. The highest BCUT2D eigenvalue weighted by atomic mass is 16.2. The first-order valence-electron chi connectivity index (χ1n) is 6.62.